The molecule has 0 fully saturated rings. The Morgan fingerprint density at radius 3 is 2.65 bits per heavy atom. The first-order valence-electron chi connectivity index (χ1n) is 7.42. The minimum atomic E-state index is 0.858. The van der Waals surface area contributed by atoms with Crippen molar-refractivity contribution in [1.29, 1.82) is 0 Å². The van der Waals surface area contributed by atoms with Gasteiger partial charge in [0.25, 0.3) is 0 Å². The molecule has 0 unspecified atom stereocenters. The minimum Gasteiger partial charge on any atom is -0.497 e. The van der Waals surface area contributed by atoms with Crippen molar-refractivity contribution in [3.63, 3.8) is 0 Å². The molecule has 0 saturated carbocycles. The molecule has 4 heteroatoms. The monoisotopic (exact) mass is 306 g/mol. The first-order chi connectivity index (χ1) is 11.2. The minimum absolute atomic E-state index is 0.858. The number of allylic oxidation sites excluding steroid dienone is 1. The molecule has 4 nitrogen and oxygen atoms in total. The van der Waals surface area contributed by atoms with Crippen LogP contribution >= 0.6 is 0 Å². The van der Waals surface area contributed by atoms with Crippen LogP contribution in [0.1, 0.15) is 5.56 Å². The summed E-state index contributed by atoms with van der Waals surface area (Å²) in [4.78, 5) is 4.06. The van der Waals surface area contributed by atoms with E-state index >= 15 is 0 Å². The van der Waals surface area contributed by atoms with Crippen LogP contribution < -0.4 is 15.0 Å². The summed E-state index contributed by atoms with van der Waals surface area (Å²) in [5, 5.41) is 3.56. The molecule has 23 heavy (non-hydrogen) atoms. The molecule has 1 heterocycles. The Kier molecular flexibility index (Phi) is 3.98. The smallest absolute Gasteiger partial charge is 0.216 e. The Morgan fingerprint density at radius 1 is 1.17 bits per heavy atom. The standard InChI is InChI=1S/C19H20N3O/c1-21-11-15(10-20)13-4-6-17-14(8-13)12-22(2)19-9-16(23-3)5-7-18(17)19/h4-12H,20H2,1-3H3/q+1/b15-10+,21-11?. The number of methoxy groups -OCH3 is 1. The van der Waals surface area contributed by atoms with Crippen molar-refractivity contribution >= 4 is 33.5 Å². The van der Waals surface area contributed by atoms with Crippen LogP contribution in [0, 0.1) is 0 Å². The molecular formula is C19H20N3O+. The van der Waals surface area contributed by atoms with Crippen LogP contribution in [0.25, 0.3) is 27.2 Å². The number of aliphatic imine (C=N–C) groups is 1. The summed E-state index contributed by atoms with van der Waals surface area (Å²) in [6.07, 6.45) is 5.48. The van der Waals surface area contributed by atoms with Crippen molar-refractivity contribution in [2.45, 2.75) is 0 Å². The van der Waals surface area contributed by atoms with Gasteiger partial charge in [0.1, 0.15) is 12.8 Å². The van der Waals surface area contributed by atoms with E-state index in [4.69, 9.17) is 10.5 Å². The first-order valence-corrected chi connectivity index (χ1v) is 7.42. The van der Waals surface area contributed by atoms with Crippen LogP contribution in [-0.4, -0.2) is 20.4 Å². The molecule has 0 bridgehead atoms. The van der Waals surface area contributed by atoms with Crippen molar-refractivity contribution in [1.82, 2.24) is 0 Å². The second-order valence-electron chi connectivity index (χ2n) is 5.43. The molecular weight excluding hydrogens is 286 g/mol. The highest BCUT2D eigenvalue weighted by Gasteiger charge is 2.12. The highest BCUT2D eigenvalue weighted by atomic mass is 16.5. The third-order valence-electron chi connectivity index (χ3n) is 4.04. The molecule has 0 amide bonds. The molecule has 116 valence electrons. The van der Waals surface area contributed by atoms with Crippen LogP contribution in [0.3, 0.4) is 0 Å². The van der Waals surface area contributed by atoms with Crippen LogP contribution in [0.2, 0.25) is 0 Å². The Morgan fingerprint density at radius 2 is 1.96 bits per heavy atom. The fraction of sp³-hybridized carbons (Fsp3) is 0.158. The lowest BCUT2D eigenvalue weighted by molar-refractivity contribution is -0.643. The van der Waals surface area contributed by atoms with Gasteiger partial charge in [-0.25, -0.2) is 4.57 Å². The SMILES string of the molecule is CN=C/C(=C\N)c1ccc2c(c1)c[n+](C)c1cc(OC)ccc21. The molecule has 0 aliphatic heterocycles. The van der Waals surface area contributed by atoms with Crippen molar-refractivity contribution in [2.24, 2.45) is 17.8 Å². The molecule has 0 saturated heterocycles. The number of fused-ring (bicyclic) bond motifs is 3. The van der Waals surface area contributed by atoms with Crippen LogP contribution in [0.4, 0.5) is 0 Å². The first kappa shape index (κ1) is 15.0. The van der Waals surface area contributed by atoms with E-state index in [1.807, 2.05) is 13.1 Å². The van der Waals surface area contributed by atoms with Gasteiger partial charge in [0.2, 0.25) is 5.52 Å². The van der Waals surface area contributed by atoms with Crippen molar-refractivity contribution < 1.29 is 9.30 Å². The van der Waals surface area contributed by atoms with E-state index < -0.39 is 0 Å². The summed E-state index contributed by atoms with van der Waals surface area (Å²) in [7, 11) is 5.47. The van der Waals surface area contributed by atoms with Crippen LogP contribution in [0.5, 0.6) is 5.75 Å². The van der Waals surface area contributed by atoms with E-state index in [2.05, 4.69) is 46.1 Å². The van der Waals surface area contributed by atoms with Crippen LogP contribution in [0.15, 0.2) is 53.8 Å². The fourth-order valence-electron chi connectivity index (χ4n) is 2.88. The maximum Gasteiger partial charge on any atom is 0.216 e. The zero-order chi connectivity index (χ0) is 16.4. The lowest BCUT2D eigenvalue weighted by atomic mass is 10.0. The molecule has 0 aliphatic carbocycles. The zero-order valence-electron chi connectivity index (χ0n) is 13.6. The van der Waals surface area contributed by atoms with Crippen molar-refractivity contribution in [3.05, 3.63) is 54.4 Å². The normalized spacial score (nSPS) is 12.4. The summed E-state index contributed by atoms with van der Waals surface area (Å²) < 4.78 is 7.45. The summed E-state index contributed by atoms with van der Waals surface area (Å²) in [5.41, 5.74) is 8.81. The lowest BCUT2D eigenvalue weighted by Crippen LogP contribution is -2.28. The number of nitrogens with two attached hydrogens (primary N) is 1. The molecule has 0 aliphatic rings. The number of aromatic nitrogens is 1. The number of nitrogens with zero attached hydrogens (tertiary/aromatic N) is 2. The van der Waals surface area contributed by atoms with Crippen molar-refractivity contribution in [3.8, 4) is 5.75 Å². The average molecular weight is 306 g/mol. The Labute approximate surface area is 135 Å². The topological polar surface area (TPSA) is 51.5 Å². The Balaban J connectivity index is 2.27. The van der Waals surface area contributed by atoms with E-state index in [1.165, 1.54) is 10.8 Å². The van der Waals surface area contributed by atoms with Gasteiger partial charge in [-0.1, -0.05) is 12.1 Å². The Hall–Kier alpha value is -2.88. The molecule has 2 N–H and O–H groups in total. The number of aryl methyl sites for hydroxylation is 1. The van der Waals surface area contributed by atoms with Gasteiger partial charge in [-0.05, 0) is 23.8 Å². The summed E-state index contributed by atoms with van der Waals surface area (Å²) in [6.45, 7) is 0. The largest absolute Gasteiger partial charge is 0.497 e. The average Bonchev–Trinajstić information content (AvgIpc) is 2.59. The highest BCUT2D eigenvalue weighted by molar-refractivity contribution is 6.12. The number of rotatable bonds is 3. The molecule has 3 aromatic rings. The molecule has 0 atom stereocenters. The van der Waals surface area contributed by atoms with E-state index in [1.54, 1.807) is 26.6 Å². The third-order valence-corrected chi connectivity index (χ3v) is 4.04. The predicted octanol–water partition coefficient (Wildman–Crippen LogP) is 2.83. The second-order valence-corrected chi connectivity index (χ2v) is 5.43. The van der Waals surface area contributed by atoms with E-state index in [-0.39, 0.29) is 0 Å². The lowest BCUT2D eigenvalue weighted by Gasteiger charge is -2.07. The predicted molar refractivity (Wildman–Crippen MR) is 95.8 cm³/mol. The number of benzene rings is 2. The fourth-order valence-corrected chi connectivity index (χ4v) is 2.88. The van der Waals surface area contributed by atoms with Gasteiger partial charge in [0.15, 0.2) is 6.20 Å². The molecule has 1 aromatic heterocycles. The number of hydrogen-bond acceptors (Lipinski definition) is 3. The quantitative estimate of drug-likeness (QED) is 0.459. The van der Waals surface area contributed by atoms with Gasteiger partial charge >= 0.3 is 0 Å². The molecule has 2 aromatic carbocycles. The molecule has 0 spiro atoms. The maximum atomic E-state index is 5.71. The highest BCUT2D eigenvalue weighted by Crippen LogP contribution is 2.27. The number of pyridine rings is 1. The van der Waals surface area contributed by atoms with Gasteiger partial charge in [-0.15, -0.1) is 0 Å². The summed E-state index contributed by atoms with van der Waals surface area (Å²) in [6, 6.07) is 12.5. The van der Waals surface area contributed by atoms with Gasteiger partial charge in [0.05, 0.1) is 18.6 Å². The van der Waals surface area contributed by atoms with E-state index in [0.717, 1.165) is 27.8 Å². The van der Waals surface area contributed by atoms with Gasteiger partial charge in [0, 0.05) is 35.8 Å². The van der Waals surface area contributed by atoms with Crippen LogP contribution in [-0.2, 0) is 7.05 Å². The Bertz CT molecular complexity index is 942. The van der Waals surface area contributed by atoms with Gasteiger partial charge in [-0.3, -0.25) is 4.99 Å². The molecule has 3 rings (SSSR count). The third kappa shape index (κ3) is 2.63. The summed E-state index contributed by atoms with van der Waals surface area (Å²) >= 11 is 0. The second kappa shape index (κ2) is 6.08. The van der Waals surface area contributed by atoms with E-state index in [9.17, 15) is 0 Å². The van der Waals surface area contributed by atoms with Crippen molar-refractivity contribution in [2.75, 3.05) is 14.2 Å². The van der Waals surface area contributed by atoms with Gasteiger partial charge in [-0.2, -0.15) is 0 Å². The summed E-state index contributed by atoms with van der Waals surface area (Å²) in [5.74, 6) is 0.858. The number of hydrogen-bond donors (Lipinski definition) is 1. The molecule has 0 radical (unpaired) electrons. The maximum absolute atomic E-state index is 5.71. The zero-order valence-corrected chi connectivity index (χ0v) is 13.6. The van der Waals surface area contributed by atoms with Gasteiger partial charge < -0.3 is 10.5 Å². The van der Waals surface area contributed by atoms with E-state index in [0.29, 0.717) is 0 Å². The number of ether oxygens (including phenoxy) is 1.